The monoisotopic (exact) mass is 330 g/mol. The molecule has 2 nitrogen and oxygen atoms in total. The standard InChI is InChI=1S/C14H20BrClN2/c1-10-4-2-3-7-18(10)14(9-17)12-8-11(15)5-6-13(12)16/h5-6,8,10,14H,2-4,7,9,17H2,1H3. The van der Waals surface area contributed by atoms with Gasteiger partial charge in [0.05, 0.1) is 0 Å². The number of hydrogen-bond acceptors (Lipinski definition) is 2. The van der Waals surface area contributed by atoms with Crippen molar-refractivity contribution in [3.8, 4) is 0 Å². The molecule has 2 rings (SSSR count). The van der Waals surface area contributed by atoms with E-state index in [1.165, 1.54) is 19.3 Å². The van der Waals surface area contributed by atoms with Gasteiger partial charge >= 0.3 is 0 Å². The van der Waals surface area contributed by atoms with E-state index in [-0.39, 0.29) is 6.04 Å². The van der Waals surface area contributed by atoms with Crippen molar-refractivity contribution >= 4 is 27.5 Å². The predicted molar refractivity (Wildman–Crippen MR) is 81.0 cm³/mol. The van der Waals surface area contributed by atoms with Crippen molar-refractivity contribution in [1.29, 1.82) is 0 Å². The number of nitrogens with two attached hydrogens (primary N) is 1. The number of benzene rings is 1. The van der Waals surface area contributed by atoms with Crippen LogP contribution in [0.3, 0.4) is 0 Å². The van der Waals surface area contributed by atoms with E-state index < -0.39 is 0 Å². The SMILES string of the molecule is CC1CCCCN1C(CN)c1cc(Br)ccc1Cl. The van der Waals surface area contributed by atoms with Crippen molar-refractivity contribution in [2.45, 2.75) is 38.3 Å². The van der Waals surface area contributed by atoms with Crippen molar-refractivity contribution in [2.75, 3.05) is 13.1 Å². The Labute approximate surface area is 123 Å². The molecule has 1 heterocycles. The predicted octanol–water partition coefficient (Wildman–Crippen LogP) is 3.98. The molecule has 18 heavy (non-hydrogen) atoms. The second-order valence-corrected chi connectivity index (χ2v) is 6.32. The summed E-state index contributed by atoms with van der Waals surface area (Å²) < 4.78 is 1.06. The molecule has 0 aliphatic carbocycles. The van der Waals surface area contributed by atoms with Crippen LogP contribution in [0.1, 0.15) is 37.8 Å². The minimum atomic E-state index is 0.227. The summed E-state index contributed by atoms with van der Waals surface area (Å²) in [5.41, 5.74) is 7.14. The number of piperidine rings is 1. The van der Waals surface area contributed by atoms with Crippen molar-refractivity contribution in [3.05, 3.63) is 33.3 Å². The molecule has 1 aromatic carbocycles. The zero-order chi connectivity index (χ0) is 13.1. The average Bonchev–Trinajstić information content (AvgIpc) is 2.36. The molecule has 4 heteroatoms. The maximum absolute atomic E-state index is 6.33. The Bertz CT molecular complexity index is 411. The molecule has 100 valence electrons. The molecule has 0 bridgehead atoms. The van der Waals surface area contributed by atoms with Crippen LogP contribution in [0, 0.1) is 0 Å². The van der Waals surface area contributed by atoms with E-state index in [9.17, 15) is 0 Å². The summed E-state index contributed by atoms with van der Waals surface area (Å²) in [4.78, 5) is 2.50. The fourth-order valence-corrected chi connectivity index (χ4v) is 3.42. The first-order chi connectivity index (χ1) is 8.63. The third-order valence-electron chi connectivity index (χ3n) is 3.80. The van der Waals surface area contributed by atoms with Crippen LogP contribution in [0.15, 0.2) is 22.7 Å². The molecule has 0 saturated carbocycles. The molecule has 2 unspecified atom stereocenters. The van der Waals surface area contributed by atoms with Gasteiger partial charge in [-0.1, -0.05) is 34.0 Å². The van der Waals surface area contributed by atoms with Gasteiger partial charge in [-0.3, -0.25) is 4.90 Å². The molecule has 0 amide bonds. The second kappa shape index (κ2) is 6.38. The van der Waals surface area contributed by atoms with Crippen molar-refractivity contribution in [2.24, 2.45) is 5.73 Å². The minimum absolute atomic E-state index is 0.227. The maximum Gasteiger partial charge on any atom is 0.0488 e. The minimum Gasteiger partial charge on any atom is -0.329 e. The first-order valence-corrected chi connectivity index (χ1v) is 7.71. The number of likely N-dealkylation sites (tertiary alicyclic amines) is 1. The van der Waals surface area contributed by atoms with Crippen molar-refractivity contribution in [3.63, 3.8) is 0 Å². The van der Waals surface area contributed by atoms with Crippen molar-refractivity contribution in [1.82, 2.24) is 4.90 Å². The number of rotatable bonds is 3. The van der Waals surface area contributed by atoms with E-state index >= 15 is 0 Å². The molecule has 1 fully saturated rings. The first-order valence-electron chi connectivity index (χ1n) is 6.54. The highest BCUT2D eigenvalue weighted by molar-refractivity contribution is 9.10. The van der Waals surface area contributed by atoms with Crippen LogP contribution in [0.25, 0.3) is 0 Å². The Balaban J connectivity index is 2.29. The zero-order valence-corrected chi connectivity index (χ0v) is 13.0. The molecule has 1 aliphatic rings. The van der Waals surface area contributed by atoms with Gasteiger partial charge in [0.15, 0.2) is 0 Å². The van der Waals surface area contributed by atoms with Gasteiger partial charge in [0.2, 0.25) is 0 Å². The van der Waals surface area contributed by atoms with E-state index in [1.807, 2.05) is 12.1 Å². The van der Waals surface area contributed by atoms with E-state index in [0.717, 1.165) is 21.6 Å². The van der Waals surface area contributed by atoms with Crippen molar-refractivity contribution < 1.29 is 0 Å². The fraction of sp³-hybridized carbons (Fsp3) is 0.571. The molecule has 1 aromatic rings. The van der Waals surface area contributed by atoms with E-state index in [0.29, 0.717) is 12.6 Å². The number of hydrogen-bond donors (Lipinski definition) is 1. The summed E-state index contributed by atoms with van der Waals surface area (Å²) in [6, 6.07) is 6.83. The summed E-state index contributed by atoms with van der Waals surface area (Å²) in [7, 11) is 0. The fourth-order valence-electron chi connectivity index (χ4n) is 2.79. The van der Waals surface area contributed by atoms with Gasteiger partial charge < -0.3 is 5.73 Å². The highest BCUT2D eigenvalue weighted by Crippen LogP contribution is 2.33. The average molecular weight is 332 g/mol. The lowest BCUT2D eigenvalue weighted by atomic mass is 9.97. The summed E-state index contributed by atoms with van der Waals surface area (Å²) >= 11 is 9.85. The Morgan fingerprint density at radius 2 is 2.28 bits per heavy atom. The molecule has 1 aliphatic heterocycles. The quantitative estimate of drug-likeness (QED) is 0.908. The van der Waals surface area contributed by atoms with Gasteiger partial charge in [0.25, 0.3) is 0 Å². The lowest BCUT2D eigenvalue weighted by Gasteiger charge is -2.39. The molecule has 1 saturated heterocycles. The molecule has 0 spiro atoms. The topological polar surface area (TPSA) is 29.3 Å². The van der Waals surface area contributed by atoms with Gasteiger partial charge in [-0.05, 0) is 50.1 Å². The number of halogens is 2. The van der Waals surface area contributed by atoms with Gasteiger partial charge in [0.1, 0.15) is 0 Å². The third kappa shape index (κ3) is 3.08. The molecule has 0 radical (unpaired) electrons. The number of nitrogens with zero attached hydrogens (tertiary/aromatic N) is 1. The van der Waals surface area contributed by atoms with Gasteiger partial charge in [-0.2, -0.15) is 0 Å². The highest BCUT2D eigenvalue weighted by atomic mass is 79.9. The largest absolute Gasteiger partial charge is 0.329 e. The highest BCUT2D eigenvalue weighted by Gasteiger charge is 2.27. The summed E-state index contributed by atoms with van der Waals surface area (Å²) in [6.45, 7) is 4.01. The van der Waals surface area contributed by atoms with Crippen LogP contribution < -0.4 is 5.73 Å². The van der Waals surface area contributed by atoms with Gasteiger partial charge in [-0.15, -0.1) is 0 Å². The second-order valence-electron chi connectivity index (χ2n) is 5.00. The first kappa shape index (κ1) is 14.3. The van der Waals surface area contributed by atoms with E-state index in [2.05, 4.69) is 33.8 Å². The third-order valence-corrected chi connectivity index (χ3v) is 4.63. The molecular formula is C14H20BrClN2. The normalized spacial score (nSPS) is 23.0. The van der Waals surface area contributed by atoms with E-state index in [1.54, 1.807) is 0 Å². The van der Waals surface area contributed by atoms with Gasteiger partial charge in [0, 0.05) is 28.1 Å². The van der Waals surface area contributed by atoms with Crippen LogP contribution in [0.2, 0.25) is 5.02 Å². The summed E-state index contributed by atoms with van der Waals surface area (Å²) in [5, 5.41) is 0.812. The molecule has 0 aromatic heterocycles. The maximum atomic E-state index is 6.33. The molecular weight excluding hydrogens is 312 g/mol. The zero-order valence-electron chi connectivity index (χ0n) is 10.7. The van der Waals surface area contributed by atoms with Crippen LogP contribution >= 0.6 is 27.5 Å². The Kier molecular flexibility index (Phi) is 5.07. The molecule has 2 N–H and O–H groups in total. The summed E-state index contributed by atoms with van der Waals surface area (Å²) in [5.74, 6) is 0. The Hall–Kier alpha value is -0.0900. The van der Waals surface area contributed by atoms with E-state index in [4.69, 9.17) is 17.3 Å². The lowest BCUT2D eigenvalue weighted by Crippen LogP contribution is -2.43. The Morgan fingerprint density at radius 3 is 2.94 bits per heavy atom. The van der Waals surface area contributed by atoms with Crippen LogP contribution in [-0.4, -0.2) is 24.0 Å². The lowest BCUT2D eigenvalue weighted by molar-refractivity contribution is 0.109. The molecule has 2 atom stereocenters. The smallest absolute Gasteiger partial charge is 0.0488 e. The van der Waals surface area contributed by atoms with Crippen LogP contribution in [0.4, 0.5) is 0 Å². The van der Waals surface area contributed by atoms with Crippen LogP contribution in [-0.2, 0) is 0 Å². The summed E-state index contributed by atoms with van der Waals surface area (Å²) in [6.07, 6.45) is 3.83. The van der Waals surface area contributed by atoms with Gasteiger partial charge in [-0.25, -0.2) is 0 Å². The van der Waals surface area contributed by atoms with Crippen LogP contribution in [0.5, 0.6) is 0 Å². The Morgan fingerprint density at radius 1 is 1.50 bits per heavy atom.